The maximum Gasteiger partial charge on any atom is 0.244 e. The summed E-state index contributed by atoms with van der Waals surface area (Å²) in [5, 5.41) is 8.15. The lowest BCUT2D eigenvalue weighted by Gasteiger charge is -2.35. The molecule has 2 aromatic rings. The maximum absolute atomic E-state index is 12.6. The van der Waals surface area contributed by atoms with Crippen molar-refractivity contribution in [3.05, 3.63) is 24.5 Å². The number of ether oxygens (including phenoxy) is 1. The zero-order valence-electron chi connectivity index (χ0n) is 15.1. The molecule has 0 spiro atoms. The van der Waals surface area contributed by atoms with E-state index in [1.165, 1.54) is 4.68 Å². The third-order valence-electron chi connectivity index (χ3n) is 4.62. The molecule has 0 N–H and O–H groups in total. The van der Waals surface area contributed by atoms with E-state index in [9.17, 15) is 9.59 Å². The third-order valence-corrected chi connectivity index (χ3v) is 4.62. The highest BCUT2D eigenvalue weighted by Gasteiger charge is 2.28. The van der Waals surface area contributed by atoms with Crippen molar-refractivity contribution in [2.75, 3.05) is 27.7 Å². The number of rotatable bonds is 5. The van der Waals surface area contributed by atoms with Crippen molar-refractivity contribution >= 4 is 11.8 Å². The van der Waals surface area contributed by atoms with Crippen LogP contribution in [0.1, 0.15) is 12.8 Å². The van der Waals surface area contributed by atoms with Crippen LogP contribution in [0.4, 0.5) is 0 Å². The molecule has 1 fully saturated rings. The molecule has 0 bridgehead atoms. The lowest BCUT2D eigenvalue weighted by atomic mass is 10.0. The van der Waals surface area contributed by atoms with Crippen LogP contribution in [-0.4, -0.2) is 75.4 Å². The molecule has 1 aliphatic rings. The van der Waals surface area contributed by atoms with Crippen LogP contribution in [0.5, 0.6) is 5.88 Å². The normalized spacial score (nSPS) is 17.3. The van der Waals surface area contributed by atoms with Crippen LogP contribution in [-0.2, 0) is 16.1 Å². The molecule has 9 heteroatoms. The lowest BCUT2D eigenvalue weighted by Crippen LogP contribution is -2.49. The van der Waals surface area contributed by atoms with E-state index in [1.54, 1.807) is 49.5 Å². The summed E-state index contributed by atoms with van der Waals surface area (Å²) in [5.41, 5.74) is 1.31. The van der Waals surface area contributed by atoms with E-state index in [4.69, 9.17) is 4.74 Å². The molecule has 2 amide bonds. The van der Waals surface area contributed by atoms with Crippen LogP contribution in [0, 0.1) is 0 Å². The Kier molecular flexibility index (Phi) is 5.15. The zero-order valence-corrected chi connectivity index (χ0v) is 15.1. The van der Waals surface area contributed by atoms with Gasteiger partial charge in [-0.1, -0.05) is 5.21 Å². The first-order chi connectivity index (χ1) is 12.5. The van der Waals surface area contributed by atoms with Crippen molar-refractivity contribution in [1.82, 2.24) is 29.8 Å². The predicted octanol–water partition coefficient (Wildman–Crippen LogP) is 0.428. The Hall–Kier alpha value is -2.97. The highest BCUT2D eigenvalue weighted by molar-refractivity contribution is 5.79. The first-order valence-electron chi connectivity index (χ1n) is 8.38. The molecule has 9 nitrogen and oxygen atoms in total. The highest BCUT2D eigenvalue weighted by Crippen LogP contribution is 2.25. The van der Waals surface area contributed by atoms with E-state index in [-0.39, 0.29) is 24.4 Å². The summed E-state index contributed by atoms with van der Waals surface area (Å²) < 4.78 is 6.73. The summed E-state index contributed by atoms with van der Waals surface area (Å²) in [7, 11) is 5.07. The van der Waals surface area contributed by atoms with Gasteiger partial charge in [-0.05, 0) is 18.6 Å². The number of aromatic nitrogens is 4. The van der Waals surface area contributed by atoms with Gasteiger partial charge in [0.05, 0.1) is 18.9 Å². The van der Waals surface area contributed by atoms with Crippen molar-refractivity contribution < 1.29 is 14.3 Å². The number of amides is 2. The molecule has 0 radical (unpaired) electrons. The second-order valence-electron chi connectivity index (χ2n) is 6.33. The number of nitrogens with zero attached hydrogens (tertiary/aromatic N) is 6. The molecule has 3 heterocycles. The summed E-state index contributed by atoms with van der Waals surface area (Å²) in [4.78, 5) is 31.7. The van der Waals surface area contributed by atoms with E-state index in [2.05, 4.69) is 15.3 Å². The Morgan fingerprint density at radius 1 is 1.46 bits per heavy atom. The topological polar surface area (TPSA) is 93.5 Å². The fourth-order valence-electron chi connectivity index (χ4n) is 3.01. The molecule has 0 aliphatic carbocycles. The van der Waals surface area contributed by atoms with Crippen molar-refractivity contribution in [1.29, 1.82) is 0 Å². The average molecular weight is 358 g/mol. The SMILES string of the molecule is COc1ncccc1-c1cn(CC(=O)N(C)C2CCC(=O)N(C)C2)nn1. The highest BCUT2D eigenvalue weighted by atomic mass is 16.5. The number of piperidine rings is 1. The van der Waals surface area contributed by atoms with E-state index in [0.29, 0.717) is 31.0 Å². The number of methoxy groups -OCH3 is 1. The van der Waals surface area contributed by atoms with Crippen LogP contribution in [0.3, 0.4) is 0 Å². The first-order valence-corrected chi connectivity index (χ1v) is 8.38. The van der Waals surface area contributed by atoms with Gasteiger partial charge in [0.1, 0.15) is 12.2 Å². The average Bonchev–Trinajstić information content (AvgIpc) is 3.11. The Bertz CT molecular complexity index is 805. The van der Waals surface area contributed by atoms with Gasteiger partial charge in [-0.25, -0.2) is 9.67 Å². The van der Waals surface area contributed by atoms with Crippen molar-refractivity contribution in [3.63, 3.8) is 0 Å². The largest absolute Gasteiger partial charge is 0.481 e. The first kappa shape index (κ1) is 17.8. The standard InChI is InChI=1S/C17H22N6O3/c1-21-9-12(6-7-15(21)24)22(2)16(25)11-23-10-14(19-20-23)13-5-4-8-18-17(13)26-3/h4-5,8,10,12H,6-7,9,11H2,1-3H3. The summed E-state index contributed by atoms with van der Waals surface area (Å²) in [6.45, 7) is 0.636. The minimum Gasteiger partial charge on any atom is -0.481 e. The van der Waals surface area contributed by atoms with Gasteiger partial charge >= 0.3 is 0 Å². The second kappa shape index (κ2) is 7.51. The van der Waals surface area contributed by atoms with Crippen LogP contribution in [0.15, 0.2) is 24.5 Å². The van der Waals surface area contributed by atoms with E-state index < -0.39 is 0 Å². The van der Waals surface area contributed by atoms with Crippen molar-refractivity contribution in [2.45, 2.75) is 25.4 Å². The van der Waals surface area contributed by atoms with Gasteiger partial charge in [0.25, 0.3) is 0 Å². The summed E-state index contributed by atoms with van der Waals surface area (Å²) in [6.07, 6.45) is 4.48. The number of hydrogen-bond acceptors (Lipinski definition) is 6. The summed E-state index contributed by atoms with van der Waals surface area (Å²) in [6, 6.07) is 3.64. The maximum atomic E-state index is 12.6. The summed E-state index contributed by atoms with van der Waals surface area (Å²) in [5.74, 6) is 0.499. The Balaban J connectivity index is 1.67. The van der Waals surface area contributed by atoms with Crippen LogP contribution in [0.25, 0.3) is 11.3 Å². The fraction of sp³-hybridized carbons (Fsp3) is 0.471. The van der Waals surface area contributed by atoms with Gasteiger partial charge in [-0.15, -0.1) is 5.10 Å². The molecule has 138 valence electrons. The number of pyridine rings is 1. The van der Waals surface area contributed by atoms with Crippen LogP contribution < -0.4 is 4.74 Å². The number of carbonyl (C=O) groups is 2. The van der Waals surface area contributed by atoms with Gasteiger partial charge in [0, 0.05) is 39.3 Å². The minimum atomic E-state index is -0.0765. The Morgan fingerprint density at radius 2 is 2.27 bits per heavy atom. The molecule has 3 rings (SSSR count). The van der Waals surface area contributed by atoms with E-state index in [1.807, 2.05) is 6.07 Å². The molecule has 1 atom stereocenters. The molecule has 26 heavy (non-hydrogen) atoms. The second-order valence-corrected chi connectivity index (χ2v) is 6.33. The van der Waals surface area contributed by atoms with Gasteiger partial charge in [-0.3, -0.25) is 9.59 Å². The molecule has 2 aromatic heterocycles. The number of likely N-dealkylation sites (tertiary alicyclic amines) is 1. The number of hydrogen-bond donors (Lipinski definition) is 0. The van der Waals surface area contributed by atoms with Gasteiger partial charge < -0.3 is 14.5 Å². The van der Waals surface area contributed by atoms with Gasteiger partial charge in [0.15, 0.2) is 0 Å². The summed E-state index contributed by atoms with van der Waals surface area (Å²) >= 11 is 0. The van der Waals surface area contributed by atoms with Crippen LogP contribution in [0.2, 0.25) is 0 Å². The van der Waals surface area contributed by atoms with Crippen molar-refractivity contribution in [2.24, 2.45) is 0 Å². The monoisotopic (exact) mass is 358 g/mol. The lowest BCUT2D eigenvalue weighted by molar-refractivity contribution is -0.140. The molecular weight excluding hydrogens is 336 g/mol. The van der Waals surface area contributed by atoms with E-state index in [0.717, 1.165) is 5.56 Å². The smallest absolute Gasteiger partial charge is 0.244 e. The van der Waals surface area contributed by atoms with Gasteiger partial charge in [-0.2, -0.15) is 0 Å². The molecule has 0 aromatic carbocycles. The third kappa shape index (κ3) is 3.66. The molecule has 1 unspecified atom stereocenters. The van der Waals surface area contributed by atoms with Crippen LogP contribution >= 0.6 is 0 Å². The Morgan fingerprint density at radius 3 is 3.00 bits per heavy atom. The zero-order chi connectivity index (χ0) is 18.7. The Labute approximate surface area is 151 Å². The fourth-order valence-corrected chi connectivity index (χ4v) is 3.01. The molecule has 1 saturated heterocycles. The molecule has 1 aliphatic heterocycles. The van der Waals surface area contributed by atoms with Gasteiger partial charge in [0.2, 0.25) is 17.7 Å². The van der Waals surface area contributed by atoms with Crippen molar-refractivity contribution in [3.8, 4) is 17.1 Å². The number of likely N-dealkylation sites (N-methyl/N-ethyl adjacent to an activating group) is 2. The van der Waals surface area contributed by atoms with E-state index >= 15 is 0 Å². The predicted molar refractivity (Wildman–Crippen MR) is 93.2 cm³/mol. The quantitative estimate of drug-likeness (QED) is 0.769. The molecule has 0 saturated carbocycles. The molecular formula is C17H22N6O3. The number of carbonyl (C=O) groups excluding carboxylic acids is 2. The minimum absolute atomic E-state index is 0.0200.